The number of carboxylic acid groups (broad SMARTS) is 1. The number of carboxylic acids is 1. The van der Waals surface area contributed by atoms with E-state index in [0.29, 0.717) is 37.8 Å². The molecule has 0 bridgehead atoms. The second-order valence-corrected chi connectivity index (χ2v) is 16.8. The average Bonchev–Trinajstić information content (AvgIpc) is 4.03. The fourth-order valence-electron chi connectivity index (χ4n) is 7.98. The summed E-state index contributed by atoms with van der Waals surface area (Å²) < 4.78 is 0. The number of hydrogen-bond donors (Lipinski definition) is 9. The van der Waals surface area contributed by atoms with Crippen molar-refractivity contribution in [3.8, 4) is 5.75 Å². The molecule has 1 aromatic heterocycles. The smallest absolute Gasteiger partial charge is 0.325 e. The normalized spacial score (nSPS) is 18.5. The summed E-state index contributed by atoms with van der Waals surface area (Å²) >= 11 is 0. The monoisotopic (exact) mass is 873 g/mol. The van der Waals surface area contributed by atoms with Gasteiger partial charge in [-0.05, 0) is 81.2 Å². The molecule has 63 heavy (non-hydrogen) atoms. The Hall–Kier alpha value is -6.50. The molecule has 3 heterocycles. The van der Waals surface area contributed by atoms with Crippen molar-refractivity contribution in [3.05, 3.63) is 65.9 Å². The van der Waals surface area contributed by atoms with Crippen LogP contribution in [0.3, 0.4) is 0 Å². The maximum absolute atomic E-state index is 14.4. The summed E-state index contributed by atoms with van der Waals surface area (Å²) in [5.41, 5.74) is 7.97. The van der Waals surface area contributed by atoms with E-state index in [0.717, 1.165) is 16.5 Å². The highest BCUT2D eigenvalue weighted by Crippen LogP contribution is 2.22. The van der Waals surface area contributed by atoms with Crippen molar-refractivity contribution in [2.24, 2.45) is 11.7 Å². The number of aromatic hydroxyl groups is 1. The van der Waals surface area contributed by atoms with E-state index in [1.165, 1.54) is 28.9 Å². The molecule has 2 fully saturated rings. The molecule has 19 nitrogen and oxygen atoms in total. The van der Waals surface area contributed by atoms with Crippen LogP contribution in [0.1, 0.15) is 70.9 Å². The van der Waals surface area contributed by atoms with Gasteiger partial charge in [0.05, 0.1) is 12.6 Å². The van der Waals surface area contributed by atoms with Crippen LogP contribution in [0, 0.1) is 5.92 Å². The molecule has 0 saturated carbocycles. The van der Waals surface area contributed by atoms with Crippen LogP contribution in [0.4, 0.5) is 0 Å². The minimum atomic E-state index is -1.28. The Morgan fingerprint density at radius 3 is 1.98 bits per heavy atom. The van der Waals surface area contributed by atoms with Crippen LogP contribution in [0.2, 0.25) is 0 Å². The van der Waals surface area contributed by atoms with Crippen LogP contribution in [0.15, 0.2) is 54.7 Å². The highest BCUT2D eigenvalue weighted by molar-refractivity contribution is 5.97. The number of para-hydroxylation sites is 1. The fraction of sp³-hybridized carbons (Fsp3) is 0.500. The van der Waals surface area contributed by atoms with Crippen molar-refractivity contribution in [2.45, 2.75) is 115 Å². The van der Waals surface area contributed by atoms with Gasteiger partial charge in [0, 0.05) is 43.0 Å². The van der Waals surface area contributed by atoms with Crippen LogP contribution < -0.4 is 32.3 Å². The number of rotatable bonds is 19. The number of aromatic nitrogens is 1. The van der Waals surface area contributed by atoms with Gasteiger partial charge >= 0.3 is 5.97 Å². The number of nitrogens with two attached hydrogens (primary N) is 1. The van der Waals surface area contributed by atoms with Crippen LogP contribution in [0.5, 0.6) is 5.75 Å². The van der Waals surface area contributed by atoms with Crippen LogP contribution in [0.25, 0.3) is 10.9 Å². The zero-order valence-corrected chi connectivity index (χ0v) is 36.0. The maximum atomic E-state index is 14.4. The van der Waals surface area contributed by atoms with Crippen LogP contribution in [-0.2, 0) is 51.2 Å². The number of phenols is 1. The van der Waals surface area contributed by atoms with Crippen molar-refractivity contribution in [1.82, 2.24) is 41.4 Å². The van der Waals surface area contributed by atoms with E-state index < -0.39 is 90.3 Å². The molecule has 5 rings (SSSR count). The number of carbonyl (C=O) groups is 8. The second kappa shape index (κ2) is 21.5. The third-order valence-corrected chi connectivity index (χ3v) is 11.3. The highest BCUT2D eigenvalue weighted by Gasteiger charge is 2.39. The molecule has 2 aliphatic heterocycles. The number of phenolic OH excluding ortho intramolecular Hbond substituents is 1. The summed E-state index contributed by atoms with van der Waals surface area (Å²) in [6, 6.07) is 5.97. The van der Waals surface area contributed by atoms with Gasteiger partial charge in [0.15, 0.2) is 0 Å². The number of amides is 7. The molecular formula is C44H59N9O10. The fourth-order valence-corrected chi connectivity index (χ4v) is 7.98. The number of fused-ring (bicyclic) bond motifs is 1. The van der Waals surface area contributed by atoms with E-state index in [4.69, 9.17) is 5.73 Å². The lowest BCUT2D eigenvalue weighted by Crippen LogP contribution is -2.59. The van der Waals surface area contributed by atoms with E-state index in [2.05, 4.69) is 31.6 Å². The Morgan fingerprint density at radius 2 is 1.33 bits per heavy atom. The first-order chi connectivity index (χ1) is 29.9. The largest absolute Gasteiger partial charge is 0.508 e. The molecule has 10 N–H and O–H groups in total. The second-order valence-electron chi connectivity index (χ2n) is 16.8. The summed E-state index contributed by atoms with van der Waals surface area (Å²) in [5.74, 6) is -5.66. The minimum absolute atomic E-state index is 0.0218. The Morgan fingerprint density at radius 1 is 0.746 bits per heavy atom. The Kier molecular flexibility index (Phi) is 16.2. The number of nitrogens with zero attached hydrogens (tertiary/aromatic N) is 2. The SMILES string of the molecule is CC(C)CC(NC(=O)C(Cc1c[nH]c2ccccc12)NC(=O)C1CCCN1C(=O)C(C)N)C(=O)NC(Cc1ccc(O)cc1)C(=O)NCC(=O)N1CCCC1C(=O)NC(C)C(=O)O. The molecule has 340 valence electrons. The molecule has 19 heteroatoms. The van der Waals surface area contributed by atoms with Crippen LogP contribution in [-0.4, -0.2) is 134 Å². The van der Waals surface area contributed by atoms with Crippen LogP contribution >= 0.6 is 0 Å². The number of aliphatic carboxylic acids is 1. The third kappa shape index (κ3) is 12.6. The van der Waals surface area contributed by atoms with E-state index in [1.54, 1.807) is 25.3 Å². The van der Waals surface area contributed by atoms with E-state index in [1.807, 2.05) is 38.1 Å². The molecule has 7 atom stereocenters. The van der Waals surface area contributed by atoms with E-state index in [-0.39, 0.29) is 43.4 Å². The zero-order valence-electron chi connectivity index (χ0n) is 36.0. The summed E-state index contributed by atoms with van der Waals surface area (Å²) in [6.45, 7) is 6.57. The van der Waals surface area contributed by atoms with Crippen molar-refractivity contribution in [3.63, 3.8) is 0 Å². The molecular weight excluding hydrogens is 815 g/mol. The molecule has 0 aliphatic carbocycles. The number of H-pyrrole nitrogens is 1. The van der Waals surface area contributed by atoms with Crippen molar-refractivity contribution in [2.75, 3.05) is 19.6 Å². The predicted octanol–water partition coefficient (Wildman–Crippen LogP) is 0.194. The van der Waals surface area contributed by atoms with E-state index >= 15 is 0 Å². The molecule has 0 radical (unpaired) electrons. The number of aromatic amines is 1. The average molecular weight is 874 g/mol. The van der Waals surface area contributed by atoms with Gasteiger partial charge < -0.3 is 57.3 Å². The molecule has 7 unspecified atom stereocenters. The number of carbonyl (C=O) groups excluding carboxylic acids is 7. The number of nitrogens with one attached hydrogen (secondary N) is 6. The van der Waals surface area contributed by atoms with Gasteiger partial charge in [-0.25, -0.2) is 0 Å². The van der Waals surface area contributed by atoms with Gasteiger partial charge in [-0.2, -0.15) is 0 Å². The third-order valence-electron chi connectivity index (χ3n) is 11.3. The van der Waals surface area contributed by atoms with Crippen molar-refractivity contribution >= 4 is 58.2 Å². The van der Waals surface area contributed by atoms with Gasteiger partial charge in [0.25, 0.3) is 0 Å². The minimum Gasteiger partial charge on any atom is -0.508 e. The Bertz CT molecular complexity index is 2160. The standard InChI is InChI=1S/C44H59N9O10/c1-24(2)19-32(49-40(58)34(21-28-22-46-31-10-6-5-9-30(28)31)51-42(60)36-12-8-18-53(36)43(61)25(3)45)39(57)50-33(20-27-13-15-29(54)16-14-27)38(56)47-23-37(55)52-17-7-11-35(52)41(59)48-26(4)44(62)63/h5-6,9-10,13-16,22,24-26,32-36,46,54H,7-8,11-12,17-21,23,45H2,1-4H3,(H,47,56)(H,48,59)(H,49,58)(H,50,57)(H,51,60)(H,62,63). The summed E-state index contributed by atoms with van der Waals surface area (Å²) in [7, 11) is 0. The number of benzene rings is 2. The molecule has 7 amide bonds. The first kappa shape index (κ1) is 47.5. The lowest BCUT2D eigenvalue weighted by molar-refractivity contribution is -0.143. The first-order valence-corrected chi connectivity index (χ1v) is 21.3. The number of hydrogen-bond acceptors (Lipinski definition) is 10. The summed E-state index contributed by atoms with van der Waals surface area (Å²) in [5, 5.41) is 33.3. The molecule has 2 aliphatic rings. The quantitative estimate of drug-likeness (QED) is 0.0784. The molecule has 2 aromatic carbocycles. The van der Waals surface area contributed by atoms with Gasteiger partial charge in [-0.3, -0.25) is 38.4 Å². The Balaban J connectivity index is 1.34. The molecule has 2 saturated heterocycles. The van der Waals surface area contributed by atoms with Gasteiger partial charge in [0.1, 0.15) is 42.0 Å². The lowest BCUT2D eigenvalue weighted by atomic mass is 9.99. The summed E-state index contributed by atoms with van der Waals surface area (Å²) in [4.78, 5) is 113. The summed E-state index contributed by atoms with van der Waals surface area (Å²) in [6.07, 6.45) is 3.57. The van der Waals surface area contributed by atoms with Crippen molar-refractivity contribution in [1.29, 1.82) is 0 Å². The highest BCUT2D eigenvalue weighted by atomic mass is 16.4. The van der Waals surface area contributed by atoms with Gasteiger partial charge in [0.2, 0.25) is 41.4 Å². The van der Waals surface area contributed by atoms with Gasteiger partial charge in [-0.15, -0.1) is 0 Å². The molecule has 0 spiro atoms. The topological polar surface area (TPSA) is 285 Å². The first-order valence-electron chi connectivity index (χ1n) is 21.3. The Labute approximate surface area is 365 Å². The van der Waals surface area contributed by atoms with Gasteiger partial charge in [-0.1, -0.05) is 44.2 Å². The maximum Gasteiger partial charge on any atom is 0.325 e. The molecule has 3 aromatic rings. The lowest BCUT2D eigenvalue weighted by Gasteiger charge is -2.29. The van der Waals surface area contributed by atoms with Crippen molar-refractivity contribution < 1.29 is 48.6 Å². The van der Waals surface area contributed by atoms with E-state index in [9.17, 15) is 48.6 Å². The number of likely N-dealkylation sites (tertiary alicyclic amines) is 2. The predicted molar refractivity (Wildman–Crippen MR) is 230 cm³/mol. The zero-order chi connectivity index (χ0) is 46.0.